The largest absolute Gasteiger partial charge is 0.238 e. The Labute approximate surface area is 68.9 Å². The van der Waals surface area contributed by atoms with Crippen molar-refractivity contribution in [3.63, 3.8) is 0 Å². The van der Waals surface area contributed by atoms with Crippen LogP contribution in [-0.4, -0.2) is 14.6 Å². The zero-order valence-electron chi connectivity index (χ0n) is 6.87. The number of fused-ring (bicyclic) bond motifs is 1. The number of halogens is 1. The lowest BCUT2D eigenvalue weighted by Crippen LogP contribution is -1.97. The Balaban J connectivity index is 2.99. The van der Waals surface area contributed by atoms with Crippen molar-refractivity contribution in [2.24, 2.45) is 0 Å². The highest BCUT2D eigenvalue weighted by Crippen LogP contribution is 2.15. The van der Waals surface area contributed by atoms with Gasteiger partial charge in [-0.25, -0.2) is 9.50 Å². The number of aromatic nitrogens is 3. The summed E-state index contributed by atoms with van der Waals surface area (Å²) in [5.41, 5.74) is 2.42. The Morgan fingerprint density at radius 3 is 2.83 bits per heavy atom. The van der Waals surface area contributed by atoms with E-state index in [-0.39, 0.29) is 5.95 Å². The van der Waals surface area contributed by atoms with Crippen LogP contribution < -0.4 is 0 Å². The number of rotatable bonds is 0. The van der Waals surface area contributed by atoms with Crippen LogP contribution in [0.4, 0.5) is 4.39 Å². The fourth-order valence-corrected chi connectivity index (χ4v) is 1.36. The summed E-state index contributed by atoms with van der Waals surface area (Å²) in [6.45, 7) is 3.68. The van der Waals surface area contributed by atoms with E-state index >= 15 is 0 Å². The molecule has 62 valence electrons. The second-order valence-corrected chi connectivity index (χ2v) is 2.76. The van der Waals surface area contributed by atoms with Crippen molar-refractivity contribution in [2.45, 2.75) is 13.8 Å². The fourth-order valence-electron chi connectivity index (χ4n) is 1.36. The van der Waals surface area contributed by atoms with Crippen molar-refractivity contribution >= 4 is 5.52 Å². The molecule has 0 amide bonds. The number of hydrogen-bond donors (Lipinski definition) is 0. The second kappa shape index (κ2) is 2.27. The first-order valence-electron chi connectivity index (χ1n) is 3.65. The minimum Gasteiger partial charge on any atom is -0.238 e. The third kappa shape index (κ3) is 0.809. The quantitative estimate of drug-likeness (QED) is 0.592. The first kappa shape index (κ1) is 7.21. The standard InChI is InChI=1S/C8H8FN3/c1-5-3-7(9)12-8(5)6(2)10-4-11-12/h3-4H,1-2H3. The predicted octanol–water partition coefficient (Wildman–Crippen LogP) is 1.49. The van der Waals surface area contributed by atoms with Crippen LogP contribution in [0.15, 0.2) is 12.4 Å². The molecule has 0 saturated heterocycles. The van der Waals surface area contributed by atoms with Crippen LogP contribution in [0.3, 0.4) is 0 Å². The molecule has 0 radical (unpaired) electrons. The van der Waals surface area contributed by atoms with Gasteiger partial charge in [-0.05, 0) is 25.5 Å². The number of hydrogen-bond acceptors (Lipinski definition) is 2. The smallest absolute Gasteiger partial charge is 0.215 e. The van der Waals surface area contributed by atoms with Gasteiger partial charge in [0, 0.05) is 0 Å². The van der Waals surface area contributed by atoms with Gasteiger partial charge in [-0.1, -0.05) is 0 Å². The number of nitrogens with zero attached hydrogens (tertiary/aromatic N) is 3. The highest BCUT2D eigenvalue weighted by molar-refractivity contribution is 5.57. The lowest BCUT2D eigenvalue weighted by atomic mass is 10.3. The van der Waals surface area contributed by atoms with Crippen LogP contribution in [0.25, 0.3) is 5.52 Å². The summed E-state index contributed by atoms with van der Waals surface area (Å²) in [6.07, 6.45) is 1.35. The molecule has 2 aromatic rings. The molecule has 3 nitrogen and oxygen atoms in total. The van der Waals surface area contributed by atoms with Gasteiger partial charge in [0.25, 0.3) is 0 Å². The van der Waals surface area contributed by atoms with E-state index in [0.717, 1.165) is 16.8 Å². The van der Waals surface area contributed by atoms with Crippen molar-refractivity contribution < 1.29 is 4.39 Å². The molecule has 2 rings (SSSR count). The Morgan fingerprint density at radius 1 is 1.42 bits per heavy atom. The van der Waals surface area contributed by atoms with E-state index in [4.69, 9.17) is 0 Å². The molecule has 0 N–H and O–H groups in total. The summed E-state index contributed by atoms with van der Waals surface area (Å²) in [5, 5.41) is 3.79. The molecular weight excluding hydrogens is 157 g/mol. The molecule has 4 heteroatoms. The lowest BCUT2D eigenvalue weighted by molar-refractivity contribution is 0.546. The van der Waals surface area contributed by atoms with Crippen molar-refractivity contribution in [1.82, 2.24) is 14.6 Å². The molecular formula is C8H8FN3. The van der Waals surface area contributed by atoms with Gasteiger partial charge in [-0.2, -0.15) is 9.49 Å². The maximum absolute atomic E-state index is 13.1. The van der Waals surface area contributed by atoms with Crippen molar-refractivity contribution in [3.05, 3.63) is 29.6 Å². The monoisotopic (exact) mass is 165 g/mol. The topological polar surface area (TPSA) is 30.2 Å². The predicted molar refractivity (Wildman–Crippen MR) is 42.4 cm³/mol. The molecule has 0 saturated carbocycles. The van der Waals surface area contributed by atoms with Crippen LogP contribution in [0.1, 0.15) is 11.3 Å². The summed E-state index contributed by atoms with van der Waals surface area (Å²) < 4.78 is 14.3. The zero-order chi connectivity index (χ0) is 8.72. The molecule has 2 aromatic heterocycles. The van der Waals surface area contributed by atoms with E-state index in [1.165, 1.54) is 16.9 Å². The highest BCUT2D eigenvalue weighted by atomic mass is 19.1. The van der Waals surface area contributed by atoms with Gasteiger partial charge in [0.2, 0.25) is 5.95 Å². The average molecular weight is 165 g/mol. The van der Waals surface area contributed by atoms with E-state index < -0.39 is 0 Å². The maximum atomic E-state index is 13.1. The molecule has 0 atom stereocenters. The van der Waals surface area contributed by atoms with E-state index in [1.54, 1.807) is 0 Å². The van der Waals surface area contributed by atoms with Crippen LogP contribution in [-0.2, 0) is 0 Å². The van der Waals surface area contributed by atoms with Crippen molar-refractivity contribution in [1.29, 1.82) is 0 Å². The normalized spacial score (nSPS) is 10.9. The number of aryl methyl sites for hydroxylation is 2. The van der Waals surface area contributed by atoms with Crippen molar-refractivity contribution in [3.8, 4) is 0 Å². The summed E-state index contributed by atoms with van der Waals surface area (Å²) in [6, 6.07) is 1.46. The Hall–Kier alpha value is -1.45. The summed E-state index contributed by atoms with van der Waals surface area (Å²) in [4.78, 5) is 3.98. The maximum Gasteiger partial charge on any atom is 0.215 e. The molecule has 0 spiro atoms. The first-order chi connectivity index (χ1) is 5.70. The molecule has 12 heavy (non-hydrogen) atoms. The molecule has 0 aliphatic heterocycles. The molecule has 0 fully saturated rings. The van der Waals surface area contributed by atoms with Crippen LogP contribution in [0, 0.1) is 19.8 Å². The zero-order valence-corrected chi connectivity index (χ0v) is 6.87. The third-order valence-corrected chi connectivity index (χ3v) is 1.88. The van der Waals surface area contributed by atoms with E-state index in [1.807, 2.05) is 13.8 Å². The lowest BCUT2D eigenvalue weighted by Gasteiger charge is -1.96. The van der Waals surface area contributed by atoms with Gasteiger partial charge in [-0.3, -0.25) is 0 Å². The third-order valence-electron chi connectivity index (χ3n) is 1.88. The fraction of sp³-hybridized carbons (Fsp3) is 0.250. The van der Waals surface area contributed by atoms with Gasteiger partial charge in [0.1, 0.15) is 6.33 Å². The molecule has 0 bridgehead atoms. The van der Waals surface area contributed by atoms with Gasteiger partial charge < -0.3 is 0 Å². The molecule has 0 unspecified atom stereocenters. The Morgan fingerprint density at radius 2 is 2.17 bits per heavy atom. The van der Waals surface area contributed by atoms with Crippen LogP contribution in [0.5, 0.6) is 0 Å². The average Bonchev–Trinajstić information content (AvgIpc) is 2.29. The summed E-state index contributed by atoms with van der Waals surface area (Å²) in [5.74, 6) is -0.340. The summed E-state index contributed by atoms with van der Waals surface area (Å²) in [7, 11) is 0. The Bertz CT molecular complexity index is 433. The summed E-state index contributed by atoms with van der Waals surface area (Å²) >= 11 is 0. The van der Waals surface area contributed by atoms with Gasteiger partial charge in [0.05, 0.1) is 11.2 Å². The van der Waals surface area contributed by atoms with Crippen LogP contribution >= 0.6 is 0 Å². The minimum atomic E-state index is -0.340. The van der Waals surface area contributed by atoms with Gasteiger partial charge >= 0.3 is 0 Å². The first-order valence-corrected chi connectivity index (χ1v) is 3.65. The minimum absolute atomic E-state index is 0.340. The second-order valence-electron chi connectivity index (χ2n) is 2.76. The van der Waals surface area contributed by atoms with E-state index in [9.17, 15) is 4.39 Å². The van der Waals surface area contributed by atoms with E-state index in [2.05, 4.69) is 10.1 Å². The van der Waals surface area contributed by atoms with Crippen molar-refractivity contribution in [2.75, 3.05) is 0 Å². The molecule has 2 heterocycles. The van der Waals surface area contributed by atoms with Gasteiger partial charge in [-0.15, -0.1) is 0 Å². The van der Waals surface area contributed by atoms with Gasteiger partial charge in [0.15, 0.2) is 0 Å². The molecule has 0 aromatic carbocycles. The Kier molecular flexibility index (Phi) is 1.36. The SMILES string of the molecule is Cc1cc(F)n2ncnc(C)c12. The van der Waals surface area contributed by atoms with Crippen LogP contribution in [0.2, 0.25) is 0 Å². The van der Waals surface area contributed by atoms with E-state index in [0.29, 0.717) is 0 Å². The molecule has 0 aliphatic carbocycles. The molecule has 0 aliphatic rings. The highest BCUT2D eigenvalue weighted by Gasteiger charge is 2.08.